The predicted molar refractivity (Wildman–Crippen MR) is 77.2 cm³/mol. The molecule has 1 unspecified atom stereocenters. The van der Waals surface area contributed by atoms with E-state index in [0.717, 1.165) is 36.1 Å². The number of carbonyl (C=O) groups is 1. The van der Waals surface area contributed by atoms with Crippen LogP contribution >= 0.6 is 11.8 Å². The average molecular weight is 299 g/mol. The van der Waals surface area contributed by atoms with Crippen LogP contribution in [0.5, 0.6) is 0 Å². The molecule has 20 heavy (non-hydrogen) atoms. The third-order valence-electron chi connectivity index (χ3n) is 3.26. The molecule has 6 heteroatoms. The van der Waals surface area contributed by atoms with Crippen molar-refractivity contribution in [3.63, 3.8) is 0 Å². The van der Waals surface area contributed by atoms with Gasteiger partial charge in [0.15, 0.2) is 0 Å². The van der Waals surface area contributed by atoms with Gasteiger partial charge in [0, 0.05) is 24.9 Å². The molecule has 0 bridgehead atoms. The van der Waals surface area contributed by atoms with Gasteiger partial charge in [0.1, 0.15) is 17.3 Å². The highest BCUT2D eigenvalue weighted by atomic mass is 32.2. The van der Waals surface area contributed by atoms with Crippen LogP contribution in [0.2, 0.25) is 0 Å². The number of halogens is 2. The van der Waals surface area contributed by atoms with Crippen LogP contribution in [0.4, 0.5) is 14.5 Å². The number of hydrogen-bond donors (Lipinski definition) is 1. The minimum atomic E-state index is -1.16. The molecular weight excluding hydrogens is 284 g/mol. The number of carboxylic acids is 1. The first-order chi connectivity index (χ1) is 9.49. The maximum Gasteiger partial charge on any atom is 0.328 e. The highest BCUT2D eigenvalue weighted by Gasteiger charge is 2.24. The zero-order valence-corrected chi connectivity index (χ0v) is 11.8. The Morgan fingerprint density at radius 2 is 2.10 bits per heavy atom. The Bertz CT molecular complexity index is 519. The molecule has 1 aromatic carbocycles. The number of carboxylic acid groups (broad SMARTS) is 1. The van der Waals surface area contributed by atoms with Gasteiger partial charge in [-0.1, -0.05) is 0 Å². The lowest BCUT2D eigenvalue weighted by atomic mass is 10.1. The highest BCUT2D eigenvalue weighted by Crippen LogP contribution is 2.30. The first-order valence-electron chi connectivity index (χ1n) is 6.19. The van der Waals surface area contributed by atoms with Gasteiger partial charge in [-0.2, -0.15) is 11.8 Å². The van der Waals surface area contributed by atoms with Crippen LogP contribution in [0.1, 0.15) is 12.0 Å². The predicted octanol–water partition coefficient (Wildman–Crippen LogP) is 3.00. The molecule has 0 aromatic heterocycles. The Morgan fingerprint density at radius 3 is 2.60 bits per heavy atom. The van der Waals surface area contributed by atoms with E-state index >= 15 is 0 Å². The fraction of sp³-hybridized carbons (Fsp3) is 0.357. The molecule has 0 aliphatic carbocycles. The van der Waals surface area contributed by atoms with E-state index in [4.69, 9.17) is 5.11 Å². The van der Waals surface area contributed by atoms with E-state index in [1.807, 2.05) is 0 Å². The summed E-state index contributed by atoms with van der Waals surface area (Å²) in [6, 6.07) is 2.43. The Labute approximate surface area is 120 Å². The van der Waals surface area contributed by atoms with Gasteiger partial charge in [0.25, 0.3) is 0 Å². The molecule has 1 N–H and O–H groups in total. The van der Waals surface area contributed by atoms with E-state index in [9.17, 15) is 13.6 Å². The number of rotatable bonds is 4. The van der Waals surface area contributed by atoms with Crippen molar-refractivity contribution < 1.29 is 18.7 Å². The molecule has 1 heterocycles. The Hall–Kier alpha value is -1.56. The summed E-state index contributed by atoms with van der Waals surface area (Å²) >= 11 is 1.77. The van der Waals surface area contributed by atoms with Crippen LogP contribution in [0.15, 0.2) is 18.2 Å². The molecule has 1 aliphatic rings. The summed E-state index contributed by atoms with van der Waals surface area (Å²) < 4.78 is 28.1. The Morgan fingerprint density at radius 1 is 1.45 bits per heavy atom. The number of hydrogen-bond acceptors (Lipinski definition) is 3. The van der Waals surface area contributed by atoms with E-state index in [2.05, 4.69) is 0 Å². The third kappa shape index (κ3) is 3.30. The minimum Gasteiger partial charge on any atom is -0.478 e. The molecule has 0 radical (unpaired) electrons. The van der Waals surface area contributed by atoms with Crippen molar-refractivity contribution >= 4 is 29.5 Å². The summed E-state index contributed by atoms with van der Waals surface area (Å²) in [5.41, 5.74) is 0.144. The number of benzene rings is 1. The van der Waals surface area contributed by atoms with Crippen LogP contribution in [-0.2, 0) is 4.79 Å². The number of nitrogens with zero attached hydrogens (tertiary/aromatic N) is 1. The smallest absolute Gasteiger partial charge is 0.328 e. The second kappa shape index (κ2) is 6.26. The SMILES string of the molecule is CN(c1c(F)cc(C=CC(=O)O)cc1F)C1CCSC1. The Balaban J connectivity index is 2.28. The van der Waals surface area contributed by atoms with Crippen LogP contribution in [-0.4, -0.2) is 35.7 Å². The first kappa shape index (κ1) is 14.8. The van der Waals surface area contributed by atoms with Gasteiger partial charge in [-0.15, -0.1) is 0 Å². The molecule has 1 aliphatic heterocycles. The second-order valence-electron chi connectivity index (χ2n) is 4.63. The van der Waals surface area contributed by atoms with E-state index in [1.54, 1.807) is 23.7 Å². The zero-order chi connectivity index (χ0) is 14.7. The first-order valence-corrected chi connectivity index (χ1v) is 7.35. The monoisotopic (exact) mass is 299 g/mol. The largest absolute Gasteiger partial charge is 0.478 e. The Kier molecular flexibility index (Phi) is 4.65. The van der Waals surface area contributed by atoms with E-state index < -0.39 is 17.6 Å². The summed E-state index contributed by atoms with van der Waals surface area (Å²) in [5, 5.41) is 8.51. The molecule has 2 rings (SSSR count). The molecular formula is C14H15F2NO2S. The molecule has 108 valence electrons. The van der Waals surface area contributed by atoms with Gasteiger partial charge < -0.3 is 10.0 Å². The molecule has 1 aromatic rings. The van der Waals surface area contributed by atoms with Gasteiger partial charge in [0.2, 0.25) is 0 Å². The average Bonchev–Trinajstić information content (AvgIpc) is 2.89. The van der Waals surface area contributed by atoms with Crippen molar-refractivity contribution in [2.75, 3.05) is 23.5 Å². The van der Waals surface area contributed by atoms with Crippen molar-refractivity contribution in [2.24, 2.45) is 0 Å². The normalized spacial score (nSPS) is 18.6. The standard InChI is InChI=1S/C14H15F2NO2S/c1-17(10-4-5-20-8-10)14-11(15)6-9(7-12(14)16)2-3-13(18)19/h2-3,6-7,10H,4-5,8H2,1H3,(H,18,19). The lowest BCUT2D eigenvalue weighted by molar-refractivity contribution is -0.131. The third-order valence-corrected chi connectivity index (χ3v) is 4.41. The lowest BCUT2D eigenvalue weighted by Gasteiger charge is -2.27. The number of thioether (sulfide) groups is 1. The van der Waals surface area contributed by atoms with Gasteiger partial charge in [-0.25, -0.2) is 13.6 Å². The van der Waals surface area contributed by atoms with Crippen LogP contribution in [0, 0.1) is 11.6 Å². The summed E-state index contributed by atoms with van der Waals surface area (Å²) in [4.78, 5) is 12.0. The van der Waals surface area contributed by atoms with Crippen molar-refractivity contribution in [1.29, 1.82) is 0 Å². The molecule has 1 saturated heterocycles. The minimum absolute atomic E-state index is 0.0509. The quantitative estimate of drug-likeness (QED) is 0.868. The van der Waals surface area contributed by atoms with Crippen molar-refractivity contribution in [3.8, 4) is 0 Å². The fourth-order valence-electron chi connectivity index (χ4n) is 2.20. The summed E-state index contributed by atoms with van der Waals surface area (Å²) in [5.74, 6) is -0.646. The topological polar surface area (TPSA) is 40.5 Å². The molecule has 0 saturated carbocycles. The van der Waals surface area contributed by atoms with Crippen LogP contribution in [0.25, 0.3) is 6.08 Å². The second-order valence-corrected chi connectivity index (χ2v) is 5.78. The van der Waals surface area contributed by atoms with E-state index in [1.165, 1.54) is 6.08 Å². The molecule has 0 spiro atoms. The van der Waals surface area contributed by atoms with Crippen molar-refractivity contribution in [2.45, 2.75) is 12.5 Å². The summed E-state index contributed by atoms with van der Waals surface area (Å²) in [6.07, 6.45) is 2.93. The maximum absolute atomic E-state index is 14.1. The van der Waals surface area contributed by atoms with Gasteiger partial charge >= 0.3 is 5.97 Å². The summed E-state index contributed by atoms with van der Waals surface area (Å²) in [7, 11) is 1.69. The molecule has 0 amide bonds. The molecule has 3 nitrogen and oxygen atoms in total. The van der Waals surface area contributed by atoms with Crippen LogP contribution in [0.3, 0.4) is 0 Å². The van der Waals surface area contributed by atoms with E-state index in [-0.39, 0.29) is 17.3 Å². The number of anilines is 1. The molecule has 1 fully saturated rings. The fourth-order valence-corrected chi connectivity index (χ4v) is 3.46. The van der Waals surface area contributed by atoms with E-state index in [0.29, 0.717) is 0 Å². The van der Waals surface area contributed by atoms with Crippen molar-refractivity contribution in [3.05, 3.63) is 35.4 Å². The lowest BCUT2D eigenvalue weighted by Crippen LogP contribution is -2.32. The summed E-state index contributed by atoms with van der Waals surface area (Å²) in [6.45, 7) is 0. The zero-order valence-electron chi connectivity index (χ0n) is 11.0. The maximum atomic E-state index is 14.1. The van der Waals surface area contributed by atoms with Crippen molar-refractivity contribution in [1.82, 2.24) is 0 Å². The highest BCUT2D eigenvalue weighted by molar-refractivity contribution is 7.99. The van der Waals surface area contributed by atoms with Gasteiger partial charge in [-0.05, 0) is 35.9 Å². The van der Waals surface area contributed by atoms with Crippen LogP contribution < -0.4 is 4.90 Å². The number of aliphatic carboxylic acids is 1. The van der Waals surface area contributed by atoms with Gasteiger partial charge in [-0.3, -0.25) is 0 Å². The molecule has 1 atom stereocenters. The van der Waals surface area contributed by atoms with Gasteiger partial charge in [0.05, 0.1) is 0 Å².